The van der Waals surface area contributed by atoms with Gasteiger partial charge >= 0.3 is 7.82 Å². The van der Waals surface area contributed by atoms with Gasteiger partial charge in [0.25, 0.3) is 0 Å². The van der Waals surface area contributed by atoms with E-state index in [1.807, 2.05) is 28.1 Å². The SMILES string of the molecule is C/C=C/CC/C=C/CC/C=C/CCCC(O)C(O)C(COP(=O)(O)OCC[N+](C)(C)C)NC(=O)CCCCCCC/C=C\C/C=C\C/C=C\C/C=C\C/C=C\C/C=C\C/C=C\CC. The molecule has 4 N–H and O–H groups in total. The Balaban J connectivity index is 4.47. The number of allylic oxidation sites excluding steroid dienone is 20. The lowest BCUT2D eigenvalue weighted by atomic mass is 10.0. The van der Waals surface area contributed by atoms with Gasteiger partial charge in [0.05, 0.1) is 39.9 Å². The van der Waals surface area contributed by atoms with Gasteiger partial charge in [-0.05, 0) is 116 Å². The summed E-state index contributed by atoms with van der Waals surface area (Å²) in [7, 11) is 1.36. The van der Waals surface area contributed by atoms with Gasteiger partial charge in [-0.25, -0.2) is 4.57 Å². The molecule has 4 unspecified atom stereocenters. The van der Waals surface area contributed by atoms with Gasteiger partial charge in [0.1, 0.15) is 19.3 Å². The molecule has 0 radical (unpaired) electrons. The van der Waals surface area contributed by atoms with E-state index >= 15 is 0 Å². The molecule has 0 aliphatic carbocycles. The molecule has 0 bridgehead atoms. The van der Waals surface area contributed by atoms with Crippen LogP contribution in [0.4, 0.5) is 0 Å². The number of carbonyl (C=O) groups excluding carboxylic acids is 1. The lowest BCUT2D eigenvalue weighted by Crippen LogP contribution is -2.51. The van der Waals surface area contributed by atoms with Gasteiger partial charge in [0.15, 0.2) is 0 Å². The Morgan fingerprint density at radius 2 is 1.02 bits per heavy atom. The molecule has 0 rings (SSSR count). The molecule has 0 saturated carbocycles. The second-order valence-electron chi connectivity index (χ2n) is 16.9. The maximum Gasteiger partial charge on any atom is 0.472 e. The van der Waals surface area contributed by atoms with Crippen LogP contribution in [-0.2, 0) is 18.4 Å². The number of hydrogen-bond acceptors (Lipinski definition) is 6. The van der Waals surface area contributed by atoms with Crippen LogP contribution in [0.5, 0.6) is 0 Å². The van der Waals surface area contributed by atoms with Crippen molar-refractivity contribution in [3.63, 3.8) is 0 Å². The summed E-state index contributed by atoms with van der Waals surface area (Å²) < 4.78 is 23.5. The summed E-state index contributed by atoms with van der Waals surface area (Å²) in [6.45, 7) is 4.19. The number of phosphoric ester groups is 1. The summed E-state index contributed by atoms with van der Waals surface area (Å²) >= 11 is 0. The normalized spacial score (nSPS) is 15.7. The predicted octanol–water partition coefficient (Wildman–Crippen LogP) is 12.8. The van der Waals surface area contributed by atoms with E-state index in [9.17, 15) is 24.5 Å². The molecule has 0 aromatic rings. The second kappa shape index (κ2) is 42.8. The standard InChI is InChI=1S/C53H89N2O7P/c1-6-8-10-12-14-16-18-20-21-22-23-24-25-26-27-28-29-30-31-32-33-34-36-38-40-42-44-46-52(57)54-50(49-62-63(59,60)61-48-47-55(3,4)5)53(58)51(56)45-43-41-39-37-35-19-17-15-13-11-9-7-2/h7-10,14-17,20-21,23-24,26-27,29-30,32-33,37,39,50-51,53,56,58H,6,11-13,18-19,22,25,28,31,34-36,38,40-49H2,1-5H3,(H-,54,57,59,60)/p+1/b9-7+,10-8-,16-14-,17-15+,21-20-,24-23-,27-26-,30-29-,33-32-,39-37+. The van der Waals surface area contributed by atoms with E-state index in [2.05, 4.69) is 134 Å². The van der Waals surface area contributed by atoms with E-state index < -0.39 is 32.7 Å². The number of aliphatic hydroxyl groups excluding tert-OH is 2. The van der Waals surface area contributed by atoms with Crippen LogP contribution in [-0.4, -0.2) is 84.6 Å². The zero-order valence-electron chi connectivity index (χ0n) is 40.1. The van der Waals surface area contributed by atoms with Crippen molar-refractivity contribution < 1.29 is 38.0 Å². The van der Waals surface area contributed by atoms with Gasteiger partial charge in [-0.3, -0.25) is 13.8 Å². The average Bonchev–Trinajstić information content (AvgIpc) is 3.24. The molecule has 0 heterocycles. The van der Waals surface area contributed by atoms with Crippen LogP contribution in [0.25, 0.3) is 0 Å². The van der Waals surface area contributed by atoms with Crippen molar-refractivity contribution in [2.45, 2.75) is 167 Å². The van der Waals surface area contributed by atoms with Crippen LogP contribution < -0.4 is 5.32 Å². The van der Waals surface area contributed by atoms with Gasteiger partial charge in [0.2, 0.25) is 5.91 Å². The molecule has 0 saturated heterocycles. The summed E-state index contributed by atoms with van der Waals surface area (Å²) in [5.41, 5.74) is 0. The van der Waals surface area contributed by atoms with E-state index in [4.69, 9.17) is 9.05 Å². The summed E-state index contributed by atoms with van der Waals surface area (Å²) in [5, 5.41) is 24.6. The molecular formula is C53H90N2O7P+. The number of nitrogens with one attached hydrogen (secondary N) is 1. The molecule has 4 atom stereocenters. The number of hydrogen-bond donors (Lipinski definition) is 4. The van der Waals surface area contributed by atoms with Gasteiger partial charge in [0, 0.05) is 6.42 Å². The molecule has 0 fully saturated rings. The minimum Gasteiger partial charge on any atom is -0.390 e. The molecule has 63 heavy (non-hydrogen) atoms. The molecule has 0 aromatic heterocycles. The van der Waals surface area contributed by atoms with E-state index in [1.54, 1.807) is 0 Å². The average molecular weight is 898 g/mol. The van der Waals surface area contributed by atoms with Gasteiger partial charge in [-0.1, -0.05) is 148 Å². The topological polar surface area (TPSA) is 125 Å². The first-order chi connectivity index (χ1) is 30.4. The Morgan fingerprint density at radius 1 is 0.587 bits per heavy atom. The van der Waals surface area contributed by atoms with E-state index in [-0.39, 0.29) is 18.9 Å². The molecule has 10 heteroatoms. The molecule has 0 aliphatic rings. The van der Waals surface area contributed by atoms with Crippen LogP contribution in [0.1, 0.15) is 149 Å². The molecule has 9 nitrogen and oxygen atoms in total. The first-order valence-electron chi connectivity index (χ1n) is 24.0. The van der Waals surface area contributed by atoms with Crippen LogP contribution >= 0.6 is 7.82 Å². The highest BCUT2D eigenvalue weighted by molar-refractivity contribution is 7.47. The van der Waals surface area contributed by atoms with E-state index in [0.29, 0.717) is 30.3 Å². The number of amides is 1. The predicted molar refractivity (Wildman–Crippen MR) is 268 cm³/mol. The van der Waals surface area contributed by atoms with Crippen molar-refractivity contribution in [3.05, 3.63) is 122 Å². The van der Waals surface area contributed by atoms with Crippen LogP contribution in [0.2, 0.25) is 0 Å². The Kier molecular flexibility index (Phi) is 40.7. The van der Waals surface area contributed by atoms with E-state index in [1.165, 1.54) is 0 Å². The quantitative estimate of drug-likeness (QED) is 0.0208. The Bertz CT molecular complexity index is 1450. The Morgan fingerprint density at radius 3 is 1.52 bits per heavy atom. The minimum atomic E-state index is -4.45. The lowest BCUT2D eigenvalue weighted by Gasteiger charge is -2.28. The largest absolute Gasteiger partial charge is 0.472 e. The zero-order chi connectivity index (χ0) is 46.5. The fraction of sp³-hybridized carbons (Fsp3) is 0.604. The number of likely N-dealkylation sites (N-methyl/N-ethyl adjacent to an activating group) is 1. The van der Waals surface area contributed by atoms with Crippen molar-refractivity contribution in [2.24, 2.45) is 0 Å². The van der Waals surface area contributed by atoms with Crippen LogP contribution in [0.15, 0.2) is 122 Å². The summed E-state index contributed by atoms with van der Waals surface area (Å²) in [6.07, 6.45) is 60.0. The molecular weight excluding hydrogens is 808 g/mol. The maximum atomic E-state index is 12.9. The zero-order valence-corrected chi connectivity index (χ0v) is 41.0. The van der Waals surface area contributed by atoms with Gasteiger partial charge < -0.3 is 24.9 Å². The highest BCUT2D eigenvalue weighted by atomic mass is 31.2. The van der Waals surface area contributed by atoms with Crippen molar-refractivity contribution in [2.75, 3.05) is 40.9 Å². The van der Waals surface area contributed by atoms with Crippen LogP contribution in [0, 0.1) is 0 Å². The Labute approximate surface area is 385 Å². The fourth-order valence-electron chi connectivity index (χ4n) is 6.04. The molecule has 0 aliphatic heterocycles. The third-order valence-electron chi connectivity index (χ3n) is 9.84. The van der Waals surface area contributed by atoms with Crippen molar-refractivity contribution in [1.29, 1.82) is 0 Å². The highest BCUT2D eigenvalue weighted by Gasteiger charge is 2.31. The number of nitrogens with zero attached hydrogens (tertiary/aromatic N) is 1. The maximum absolute atomic E-state index is 12.9. The van der Waals surface area contributed by atoms with Crippen molar-refractivity contribution in [3.8, 4) is 0 Å². The summed E-state index contributed by atoms with van der Waals surface area (Å²) in [4.78, 5) is 23.2. The lowest BCUT2D eigenvalue weighted by molar-refractivity contribution is -0.870. The van der Waals surface area contributed by atoms with Crippen molar-refractivity contribution >= 4 is 13.7 Å². The molecule has 0 aromatic carbocycles. The highest BCUT2D eigenvalue weighted by Crippen LogP contribution is 2.43. The smallest absolute Gasteiger partial charge is 0.390 e. The number of carbonyl (C=O) groups is 1. The molecule has 1 amide bonds. The number of unbranched alkanes of at least 4 members (excludes halogenated alkanes) is 8. The first-order valence-corrected chi connectivity index (χ1v) is 25.4. The van der Waals surface area contributed by atoms with Gasteiger partial charge in [-0.15, -0.1) is 0 Å². The monoisotopic (exact) mass is 898 g/mol. The third kappa shape index (κ3) is 43.9. The minimum absolute atomic E-state index is 0.000450. The first kappa shape index (κ1) is 59.9. The van der Waals surface area contributed by atoms with Crippen molar-refractivity contribution in [1.82, 2.24) is 5.32 Å². The molecule has 0 spiro atoms. The van der Waals surface area contributed by atoms with E-state index in [0.717, 1.165) is 109 Å². The fourth-order valence-corrected chi connectivity index (χ4v) is 6.78. The second-order valence-corrected chi connectivity index (χ2v) is 18.3. The number of rotatable bonds is 41. The van der Waals surface area contributed by atoms with Crippen LogP contribution in [0.3, 0.4) is 0 Å². The summed E-state index contributed by atoms with van der Waals surface area (Å²) in [5.74, 6) is -0.301. The Hall–Kier alpha value is -3.14. The number of phosphoric acid groups is 1. The van der Waals surface area contributed by atoms with Gasteiger partial charge in [-0.2, -0.15) is 0 Å². The third-order valence-corrected chi connectivity index (χ3v) is 10.8. The number of quaternary nitrogens is 1. The molecule has 358 valence electrons. The number of aliphatic hydroxyl groups is 2. The summed E-state index contributed by atoms with van der Waals surface area (Å²) in [6, 6.07) is -1.08.